The Hall–Kier alpha value is -7.99. The molecule has 2 unspecified atom stereocenters. The molecule has 0 aliphatic rings. The van der Waals surface area contributed by atoms with Crippen LogP contribution in [0.1, 0.15) is 42.2 Å². The topological polar surface area (TPSA) is 60.3 Å². The lowest BCUT2D eigenvalue weighted by atomic mass is 9.98. The Labute approximate surface area is 373 Å². The lowest BCUT2D eigenvalue weighted by Crippen LogP contribution is -2.27. The second kappa shape index (κ2) is 16.7. The minimum Gasteiger partial charge on any atom is -0.383 e. The number of aliphatic imine (C=N–C) groups is 1. The Bertz CT molecular complexity index is 3460. The molecule has 0 aliphatic carbocycles. The van der Waals surface area contributed by atoms with Crippen LogP contribution in [0.3, 0.4) is 0 Å². The van der Waals surface area contributed by atoms with Gasteiger partial charge in [0.05, 0.1) is 22.1 Å². The van der Waals surface area contributed by atoms with Crippen LogP contribution in [0.5, 0.6) is 0 Å². The summed E-state index contributed by atoms with van der Waals surface area (Å²) in [6.07, 6.45) is 0.589. The number of nitrogens with one attached hydrogen (secondary N) is 1. The van der Waals surface area contributed by atoms with Crippen molar-refractivity contribution in [3.63, 3.8) is 0 Å². The van der Waals surface area contributed by atoms with Crippen molar-refractivity contribution in [3.8, 4) is 33.6 Å². The number of para-hydroxylation sites is 3. The number of aromatic nitrogens is 2. The molecule has 2 aromatic heterocycles. The van der Waals surface area contributed by atoms with E-state index in [1.165, 1.54) is 66.1 Å². The van der Waals surface area contributed by atoms with Gasteiger partial charge in [-0.1, -0.05) is 171 Å². The Kier molecular flexibility index (Phi) is 10.2. The Morgan fingerprint density at radius 2 is 0.891 bits per heavy atom. The number of fused-ring (bicyclic) bond motifs is 6. The average Bonchev–Trinajstić information content (AvgIpc) is 3.88. The summed E-state index contributed by atoms with van der Waals surface area (Å²) in [5.74, 6) is 0.483. The molecule has 9 aromatic carbocycles. The van der Waals surface area contributed by atoms with Crippen molar-refractivity contribution in [1.82, 2.24) is 14.5 Å². The molecule has 308 valence electrons. The van der Waals surface area contributed by atoms with E-state index in [0.29, 0.717) is 5.84 Å². The van der Waals surface area contributed by atoms with Gasteiger partial charge in [-0.2, -0.15) is 0 Å². The van der Waals surface area contributed by atoms with Gasteiger partial charge in [0, 0.05) is 44.5 Å². The van der Waals surface area contributed by atoms with Gasteiger partial charge in [0.1, 0.15) is 12.0 Å². The third-order valence-electron chi connectivity index (χ3n) is 12.7. The number of benzene rings is 9. The molecule has 0 saturated heterocycles. The number of nitrogens with two attached hydrogens (primary N) is 1. The first kappa shape index (κ1) is 38.9. The van der Waals surface area contributed by atoms with E-state index in [1.54, 1.807) is 0 Å². The highest BCUT2D eigenvalue weighted by Crippen LogP contribution is 2.38. The van der Waals surface area contributed by atoms with Crippen LogP contribution in [0.2, 0.25) is 0 Å². The van der Waals surface area contributed by atoms with Crippen LogP contribution in [0.25, 0.3) is 77.2 Å². The molecule has 0 aliphatic heterocycles. The Balaban J connectivity index is 0.920. The van der Waals surface area contributed by atoms with E-state index in [-0.39, 0.29) is 12.2 Å². The van der Waals surface area contributed by atoms with Gasteiger partial charge >= 0.3 is 0 Å². The zero-order valence-electron chi connectivity index (χ0n) is 35.6. The summed E-state index contributed by atoms with van der Waals surface area (Å²) in [5.41, 5.74) is 21.7. The Morgan fingerprint density at radius 1 is 0.438 bits per heavy atom. The average molecular weight is 826 g/mol. The fourth-order valence-electron chi connectivity index (χ4n) is 9.48. The third kappa shape index (κ3) is 7.12. The molecule has 0 radical (unpaired) electrons. The van der Waals surface area contributed by atoms with E-state index in [1.807, 2.05) is 6.07 Å². The highest BCUT2D eigenvalue weighted by atomic mass is 15.1. The van der Waals surface area contributed by atoms with Gasteiger partial charge in [0.15, 0.2) is 0 Å². The third-order valence-corrected chi connectivity index (χ3v) is 12.7. The molecule has 5 nitrogen and oxygen atoms in total. The van der Waals surface area contributed by atoms with Gasteiger partial charge in [0.2, 0.25) is 0 Å². The summed E-state index contributed by atoms with van der Waals surface area (Å²) >= 11 is 0. The van der Waals surface area contributed by atoms with Crippen LogP contribution in [-0.4, -0.2) is 15.0 Å². The van der Waals surface area contributed by atoms with Crippen molar-refractivity contribution < 1.29 is 0 Å². The predicted molar refractivity (Wildman–Crippen MR) is 269 cm³/mol. The fraction of sp³-hybridized carbons (Fsp3) is 0.0678. The molecular weight excluding hydrogens is 779 g/mol. The lowest BCUT2D eigenvalue weighted by molar-refractivity contribution is 0.445. The first-order valence-electron chi connectivity index (χ1n) is 22.1. The van der Waals surface area contributed by atoms with Crippen LogP contribution >= 0.6 is 0 Å². The zero-order valence-corrected chi connectivity index (χ0v) is 35.6. The molecular formula is C59H47N5. The molecule has 2 heterocycles. The van der Waals surface area contributed by atoms with Gasteiger partial charge in [-0.25, -0.2) is 4.99 Å². The summed E-state index contributed by atoms with van der Waals surface area (Å²) in [5, 5.41) is 8.70. The van der Waals surface area contributed by atoms with Gasteiger partial charge in [-0.05, 0) is 100 Å². The van der Waals surface area contributed by atoms with E-state index >= 15 is 0 Å². The van der Waals surface area contributed by atoms with Gasteiger partial charge < -0.3 is 14.9 Å². The van der Waals surface area contributed by atoms with Crippen molar-refractivity contribution in [1.29, 1.82) is 0 Å². The lowest BCUT2D eigenvalue weighted by Gasteiger charge is -2.24. The minimum absolute atomic E-state index is 0.116. The molecule has 3 N–H and O–H groups in total. The van der Waals surface area contributed by atoms with Crippen molar-refractivity contribution >= 4 is 49.4 Å². The number of amidine groups is 1. The minimum atomic E-state index is -0.326. The molecule has 11 aromatic rings. The fourth-order valence-corrected chi connectivity index (χ4v) is 9.48. The summed E-state index contributed by atoms with van der Waals surface area (Å²) in [4.78, 5) is 5.16. The largest absolute Gasteiger partial charge is 0.383 e. The molecule has 0 spiro atoms. The SMILES string of the molecule is CCC(NC(/N=C(\N)c1cccc(-n2c3ccccc3c3cc(-c4ccc(-c5ccc6c(c5)c5ccccc5n6-c5ccccc5)cc4)ccc32)c1)c1ccccc1)c1ccccc1. The molecule has 0 saturated carbocycles. The summed E-state index contributed by atoms with van der Waals surface area (Å²) in [7, 11) is 0. The monoisotopic (exact) mass is 825 g/mol. The highest BCUT2D eigenvalue weighted by molar-refractivity contribution is 6.12. The second-order valence-corrected chi connectivity index (χ2v) is 16.5. The molecule has 5 heteroatoms. The first-order chi connectivity index (χ1) is 31.6. The standard InChI is InChI=1S/C59H47N5/c1-2-53(42-17-6-3-7-18-42)61-59(43-19-8-4-9-20-43)62-58(60)46-21-16-24-48(37-46)64-55-28-15-13-26-50(55)52-39-45(34-36-57(52)64)41-31-29-40(30-32-41)44-33-35-56-51(38-44)49-25-12-14-27-54(49)63(56)47-22-10-5-11-23-47/h3-39,53,59,61H,2H2,1H3,(H2,60,62). The maximum absolute atomic E-state index is 6.94. The van der Waals surface area contributed by atoms with Crippen LogP contribution < -0.4 is 11.1 Å². The number of rotatable bonds is 11. The van der Waals surface area contributed by atoms with E-state index in [9.17, 15) is 0 Å². The van der Waals surface area contributed by atoms with E-state index in [4.69, 9.17) is 10.7 Å². The van der Waals surface area contributed by atoms with E-state index in [2.05, 4.69) is 240 Å². The number of hydrogen-bond acceptors (Lipinski definition) is 2. The molecule has 0 bridgehead atoms. The van der Waals surface area contributed by atoms with Crippen LogP contribution in [-0.2, 0) is 0 Å². The smallest absolute Gasteiger partial charge is 0.128 e. The van der Waals surface area contributed by atoms with Gasteiger partial charge in [-0.15, -0.1) is 0 Å². The van der Waals surface area contributed by atoms with Crippen molar-refractivity contribution in [3.05, 3.63) is 241 Å². The molecule has 11 rings (SSSR count). The number of hydrogen-bond donors (Lipinski definition) is 2. The normalized spacial score (nSPS) is 12.9. The summed E-state index contributed by atoms with van der Waals surface area (Å²) in [6, 6.07) is 80.1. The summed E-state index contributed by atoms with van der Waals surface area (Å²) < 4.78 is 4.70. The molecule has 0 fully saturated rings. The molecule has 0 amide bonds. The predicted octanol–water partition coefficient (Wildman–Crippen LogP) is 14.4. The van der Waals surface area contributed by atoms with Gasteiger partial charge in [0.25, 0.3) is 0 Å². The summed E-state index contributed by atoms with van der Waals surface area (Å²) in [6.45, 7) is 2.20. The maximum atomic E-state index is 6.94. The molecule has 64 heavy (non-hydrogen) atoms. The zero-order chi connectivity index (χ0) is 43.0. The second-order valence-electron chi connectivity index (χ2n) is 16.5. The number of nitrogens with zero attached hydrogens (tertiary/aromatic N) is 3. The van der Waals surface area contributed by atoms with E-state index in [0.717, 1.165) is 34.3 Å². The quantitative estimate of drug-likeness (QED) is 0.101. The van der Waals surface area contributed by atoms with Crippen LogP contribution in [0.15, 0.2) is 229 Å². The van der Waals surface area contributed by atoms with Gasteiger partial charge in [-0.3, -0.25) is 5.32 Å². The van der Waals surface area contributed by atoms with Crippen LogP contribution in [0, 0.1) is 0 Å². The Morgan fingerprint density at radius 3 is 1.45 bits per heavy atom. The van der Waals surface area contributed by atoms with E-state index < -0.39 is 0 Å². The highest BCUT2D eigenvalue weighted by Gasteiger charge is 2.19. The van der Waals surface area contributed by atoms with Crippen LogP contribution in [0.4, 0.5) is 0 Å². The molecule has 2 atom stereocenters. The van der Waals surface area contributed by atoms with Crippen molar-refractivity contribution in [2.45, 2.75) is 25.6 Å². The van der Waals surface area contributed by atoms with Crippen molar-refractivity contribution in [2.75, 3.05) is 0 Å². The first-order valence-corrected chi connectivity index (χ1v) is 22.1. The maximum Gasteiger partial charge on any atom is 0.128 e. The van der Waals surface area contributed by atoms with Crippen molar-refractivity contribution in [2.24, 2.45) is 10.7 Å².